The molecule has 1 aliphatic carbocycles. The van der Waals surface area contributed by atoms with Crippen molar-refractivity contribution in [1.82, 2.24) is 4.98 Å². The fourth-order valence-electron chi connectivity index (χ4n) is 2.57. The molecule has 1 aromatic carbocycles. The van der Waals surface area contributed by atoms with Gasteiger partial charge in [-0.2, -0.15) is 0 Å². The third-order valence-corrected chi connectivity index (χ3v) is 4.73. The molecule has 1 aromatic heterocycles. The normalized spacial score (nSPS) is 11.9. The van der Waals surface area contributed by atoms with Crippen LogP contribution in [-0.2, 0) is 16.0 Å². The molecule has 0 atom stereocenters. The van der Waals surface area contributed by atoms with Gasteiger partial charge in [-0.1, -0.05) is 12.1 Å². The van der Waals surface area contributed by atoms with Crippen molar-refractivity contribution in [2.45, 2.75) is 30.5 Å². The summed E-state index contributed by atoms with van der Waals surface area (Å²) in [6.45, 7) is 2.74. The van der Waals surface area contributed by atoms with E-state index in [-0.39, 0.29) is 5.97 Å². The van der Waals surface area contributed by atoms with Gasteiger partial charge in [0.25, 0.3) is 0 Å². The van der Waals surface area contributed by atoms with Crippen molar-refractivity contribution in [3.63, 3.8) is 0 Å². The van der Waals surface area contributed by atoms with E-state index in [1.54, 1.807) is 11.3 Å². The standard InChI is InChI=1S/C16H17NO3S2/c1-2-19-14(18)7-4-8-20-12-6-3-5-10-11(12)9-13-15(10)17-16(21)22-13/h3,5-6H,2,4,7-9H2,1H3,(H,17,21). The molecule has 4 nitrogen and oxygen atoms in total. The van der Waals surface area contributed by atoms with E-state index < -0.39 is 0 Å². The lowest BCUT2D eigenvalue weighted by Gasteiger charge is -2.10. The number of carbonyl (C=O) groups excluding carboxylic acids is 1. The van der Waals surface area contributed by atoms with Gasteiger partial charge in [0.2, 0.25) is 0 Å². The molecule has 6 heteroatoms. The SMILES string of the molecule is CCOC(=O)CCCOc1cccc2c1Cc1sc(S)nc1-2. The molecule has 0 radical (unpaired) electrons. The molecule has 0 unspecified atom stereocenters. The topological polar surface area (TPSA) is 48.4 Å². The summed E-state index contributed by atoms with van der Waals surface area (Å²) in [4.78, 5) is 17.0. The first-order valence-corrected chi connectivity index (χ1v) is 8.54. The van der Waals surface area contributed by atoms with Gasteiger partial charge in [0.05, 0.1) is 18.9 Å². The van der Waals surface area contributed by atoms with Crippen LogP contribution in [-0.4, -0.2) is 24.2 Å². The number of carbonyl (C=O) groups is 1. The second-order valence-electron chi connectivity index (χ2n) is 4.98. The summed E-state index contributed by atoms with van der Waals surface area (Å²) < 4.78 is 11.6. The zero-order chi connectivity index (χ0) is 15.5. The van der Waals surface area contributed by atoms with E-state index in [9.17, 15) is 4.79 Å². The number of aromatic nitrogens is 1. The molecule has 116 valence electrons. The third-order valence-electron chi connectivity index (χ3n) is 3.50. The van der Waals surface area contributed by atoms with Crippen molar-refractivity contribution >= 4 is 29.9 Å². The average Bonchev–Trinajstić information content (AvgIpc) is 3.00. The lowest BCUT2D eigenvalue weighted by atomic mass is 10.1. The van der Waals surface area contributed by atoms with Crippen molar-refractivity contribution in [3.8, 4) is 17.0 Å². The molecule has 0 saturated carbocycles. The Morgan fingerprint density at radius 3 is 3.14 bits per heavy atom. The zero-order valence-electron chi connectivity index (χ0n) is 12.3. The minimum Gasteiger partial charge on any atom is -0.493 e. The Kier molecular flexibility index (Phi) is 4.69. The first-order chi connectivity index (χ1) is 10.7. The quantitative estimate of drug-likeness (QED) is 0.424. The van der Waals surface area contributed by atoms with Gasteiger partial charge in [0.1, 0.15) is 10.1 Å². The van der Waals surface area contributed by atoms with Crippen LogP contribution in [0, 0.1) is 0 Å². The monoisotopic (exact) mass is 335 g/mol. The van der Waals surface area contributed by atoms with Crippen molar-refractivity contribution in [2.75, 3.05) is 13.2 Å². The Morgan fingerprint density at radius 1 is 1.45 bits per heavy atom. The third kappa shape index (κ3) is 3.13. The highest BCUT2D eigenvalue weighted by molar-refractivity contribution is 7.82. The number of hydrogen-bond acceptors (Lipinski definition) is 6. The van der Waals surface area contributed by atoms with Gasteiger partial charge in [-0.05, 0) is 19.4 Å². The minimum absolute atomic E-state index is 0.169. The van der Waals surface area contributed by atoms with Crippen molar-refractivity contribution in [1.29, 1.82) is 0 Å². The van der Waals surface area contributed by atoms with Gasteiger partial charge >= 0.3 is 5.97 Å². The van der Waals surface area contributed by atoms with Crippen LogP contribution in [0.2, 0.25) is 0 Å². The number of nitrogens with zero attached hydrogens (tertiary/aromatic N) is 1. The largest absolute Gasteiger partial charge is 0.493 e. The zero-order valence-corrected chi connectivity index (χ0v) is 14.0. The summed E-state index contributed by atoms with van der Waals surface area (Å²) in [6.07, 6.45) is 1.89. The predicted molar refractivity (Wildman–Crippen MR) is 89.0 cm³/mol. The van der Waals surface area contributed by atoms with E-state index in [0.717, 1.165) is 27.8 Å². The minimum atomic E-state index is -0.169. The van der Waals surface area contributed by atoms with E-state index in [1.165, 1.54) is 10.4 Å². The van der Waals surface area contributed by atoms with E-state index in [4.69, 9.17) is 9.47 Å². The number of fused-ring (bicyclic) bond motifs is 3. The lowest BCUT2D eigenvalue weighted by Crippen LogP contribution is -2.07. The van der Waals surface area contributed by atoms with Gasteiger partial charge < -0.3 is 9.47 Å². The maximum atomic E-state index is 11.3. The summed E-state index contributed by atoms with van der Waals surface area (Å²) in [5.41, 5.74) is 3.34. The summed E-state index contributed by atoms with van der Waals surface area (Å²) in [5.74, 6) is 0.712. The molecule has 22 heavy (non-hydrogen) atoms. The van der Waals surface area contributed by atoms with Crippen LogP contribution in [0.25, 0.3) is 11.3 Å². The maximum absolute atomic E-state index is 11.3. The number of rotatable bonds is 6. The summed E-state index contributed by atoms with van der Waals surface area (Å²) in [7, 11) is 0. The Hall–Kier alpha value is -1.53. The average molecular weight is 335 g/mol. The van der Waals surface area contributed by atoms with E-state index in [0.29, 0.717) is 26.1 Å². The van der Waals surface area contributed by atoms with Crippen molar-refractivity contribution < 1.29 is 14.3 Å². The van der Waals surface area contributed by atoms with Crippen LogP contribution in [0.4, 0.5) is 0 Å². The second kappa shape index (κ2) is 6.71. The van der Waals surface area contributed by atoms with Crippen LogP contribution in [0.5, 0.6) is 5.75 Å². The molecule has 0 fully saturated rings. The predicted octanol–water partition coefficient (Wildman–Crippen LogP) is 3.73. The molecule has 2 aromatic rings. The number of thiol groups is 1. The summed E-state index contributed by atoms with van der Waals surface area (Å²) in [5, 5.41) is 0. The molecule has 3 rings (SSSR count). The molecule has 0 amide bonds. The second-order valence-corrected chi connectivity index (χ2v) is 6.79. The number of thiazole rings is 1. The smallest absolute Gasteiger partial charge is 0.305 e. The highest BCUT2D eigenvalue weighted by atomic mass is 32.2. The van der Waals surface area contributed by atoms with Crippen LogP contribution >= 0.6 is 24.0 Å². The highest BCUT2D eigenvalue weighted by Gasteiger charge is 2.25. The Morgan fingerprint density at radius 2 is 2.32 bits per heavy atom. The number of benzene rings is 1. The van der Waals surface area contributed by atoms with Crippen LogP contribution in [0.15, 0.2) is 22.5 Å². The maximum Gasteiger partial charge on any atom is 0.305 e. The van der Waals surface area contributed by atoms with Crippen LogP contribution in [0.1, 0.15) is 30.2 Å². The van der Waals surface area contributed by atoms with Gasteiger partial charge in [-0.25, -0.2) is 4.98 Å². The molecule has 0 saturated heterocycles. The number of esters is 1. The Bertz CT molecular complexity index is 697. The van der Waals surface area contributed by atoms with Gasteiger partial charge in [0.15, 0.2) is 0 Å². The first kappa shape index (κ1) is 15.4. The molecule has 1 aliphatic rings. The van der Waals surface area contributed by atoms with Gasteiger partial charge in [-0.15, -0.1) is 24.0 Å². The van der Waals surface area contributed by atoms with Crippen LogP contribution in [0.3, 0.4) is 0 Å². The molecule has 0 bridgehead atoms. The van der Waals surface area contributed by atoms with Gasteiger partial charge in [-0.3, -0.25) is 4.79 Å². The molecule has 0 aliphatic heterocycles. The molecule has 0 N–H and O–H groups in total. The van der Waals surface area contributed by atoms with E-state index in [2.05, 4.69) is 23.7 Å². The fourth-order valence-corrected chi connectivity index (χ4v) is 3.82. The Labute approximate surface area is 138 Å². The molecular weight excluding hydrogens is 318 g/mol. The molecule has 0 spiro atoms. The molecular formula is C16H17NO3S2. The van der Waals surface area contributed by atoms with E-state index >= 15 is 0 Å². The number of ether oxygens (including phenoxy) is 2. The van der Waals surface area contributed by atoms with Crippen molar-refractivity contribution in [2.24, 2.45) is 0 Å². The highest BCUT2D eigenvalue weighted by Crippen LogP contribution is 2.43. The lowest BCUT2D eigenvalue weighted by molar-refractivity contribution is -0.143. The molecule has 1 heterocycles. The van der Waals surface area contributed by atoms with Crippen molar-refractivity contribution in [3.05, 3.63) is 28.6 Å². The number of hydrogen-bond donors (Lipinski definition) is 1. The summed E-state index contributed by atoms with van der Waals surface area (Å²) in [6, 6.07) is 6.02. The van der Waals surface area contributed by atoms with Crippen LogP contribution < -0.4 is 4.74 Å². The summed E-state index contributed by atoms with van der Waals surface area (Å²) >= 11 is 5.93. The van der Waals surface area contributed by atoms with E-state index in [1.807, 2.05) is 19.1 Å². The fraction of sp³-hybridized carbons (Fsp3) is 0.375. The van der Waals surface area contributed by atoms with Gasteiger partial charge in [0, 0.05) is 28.8 Å². The Balaban J connectivity index is 1.63. The first-order valence-electron chi connectivity index (χ1n) is 7.28.